The first-order chi connectivity index (χ1) is 12.6. The highest BCUT2D eigenvalue weighted by molar-refractivity contribution is 5.65. The van der Waals surface area contributed by atoms with Crippen molar-refractivity contribution in [1.82, 2.24) is 9.97 Å². The van der Waals surface area contributed by atoms with E-state index in [0.29, 0.717) is 11.8 Å². The van der Waals surface area contributed by atoms with Gasteiger partial charge in [-0.1, -0.05) is 12.1 Å². The summed E-state index contributed by atoms with van der Waals surface area (Å²) < 4.78 is 11.0. The zero-order chi connectivity index (χ0) is 18.4. The lowest BCUT2D eigenvalue weighted by atomic mass is 10.3. The van der Waals surface area contributed by atoms with E-state index in [0.717, 1.165) is 22.9 Å². The maximum atomic E-state index is 5.83. The number of ether oxygens (including phenoxy) is 2. The number of methoxy groups -OCH3 is 1. The molecule has 0 radical (unpaired) electrons. The molecule has 6 heteroatoms. The van der Waals surface area contributed by atoms with E-state index >= 15 is 0 Å². The molecule has 2 N–H and O–H groups in total. The maximum absolute atomic E-state index is 5.83. The molecule has 1 aromatic heterocycles. The van der Waals surface area contributed by atoms with Crippen LogP contribution in [0.3, 0.4) is 0 Å². The fourth-order valence-corrected chi connectivity index (χ4v) is 2.36. The van der Waals surface area contributed by atoms with Crippen molar-refractivity contribution in [2.75, 3.05) is 17.7 Å². The third kappa shape index (κ3) is 4.63. The van der Waals surface area contributed by atoms with Crippen LogP contribution in [0.25, 0.3) is 0 Å². The average Bonchev–Trinajstić information content (AvgIpc) is 2.64. The number of para-hydroxylation sites is 2. The number of nitrogens with one attached hydrogen (secondary N) is 2. The SMILES string of the molecule is COc1ccc(Nc2nccc(Nc3ccccc3OC(C)C)n2)cc1. The van der Waals surface area contributed by atoms with E-state index in [1.807, 2.05) is 68.4 Å². The highest BCUT2D eigenvalue weighted by Gasteiger charge is 2.07. The van der Waals surface area contributed by atoms with Gasteiger partial charge in [-0.2, -0.15) is 4.98 Å². The fraction of sp³-hybridized carbons (Fsp3) is 0.200. The van der Waals surface area contributed by atoms with Crippen molar-refractivity contribution in [2.24, 2.45) is 0 Å². The minimum atomic E-state index is 0.0932. The Hall–Kier alpha value is -3.28. The van der Waals surface area contributed by atoms with Crippen molar-refractivity contribution in [3.63, 3.8) is 0 Å². The number of rotatable bonds is 7. The Labute approximate surface area is 153 Å². The maximum Gasteiger partial charge on any atom is 0.229 e. The van der Waals surface area contributed by atoms with Crippen LogP contribution < -0.4 is 20.1 Å². The second kappa shape index (κ2) is 8.20. The van der Waals surface area contributed by atoms with Gasteiger partial charge in [0.1, 0.15) is 17.3 Å². The third-order valence-electron chi connectivity index (χ3n) is 3.51. The first kappa shape index (κ1) is 17.5. The van der Waals surface area contributed by atoms with Crippen LogP contribution in [-0.4, -0.2) is 23.2 Å². The summed E-state index contributed by atoms with van der Waals surface area (Å²) in [5.74, 6) is 2.76. The molecule has 3 aromatic rings. The van der Waals surface area contributed by atoms with E-state index < -0.39 is 0 Å². The van der Waals surface area contributed by atoms with Crippen molar-refractivity contribution in [3.05, 3.63) is 60.8 Å². The molecule has 0 unspecified atom stereocenters. The summed E-state index contributed by atoms with van der Waals surface area (Å²) in [6.07, 6.45) is 1.79. The van der Waals surface area contributed by atoms with E-state index in [4.69, 9.17) is 9.47 Å². The molecule has 0 spiro atoms. The first-order valence-corrected chi connectivity index (χ1v) is 8.41. The van der Waals surface area contributed by atoms with Crippen molar-refractivity contribution in [3.8, 4) is 11.5 Å². The predicted octanol–water partition coefficient (Wildman–Crippen LogP) is 4.76. The van der Waals surface area contributed by atoms with Gasteiger partial charge in [-0.05, 0) is 56.3 Å². The van der Waals surface area contributed by atoms with Gasteiger partial charge < -0.3 is 20.1 Å². The Kier molecular flexibility index (Phi) is 5.53. The van der Waals surface area contributed by atoms with Crippen LogP contribution in [0, 0.1) is 0 Å². The van der Waals surface area contributed by atoms with E-state index in [1.54, 1.807) is 13.3 Å². The molecular formula is C20H22N4O2. The summed E-state index contributed by atoms with van der Waals surface area (Å²) in [6.45, 7) is 4.00. The lowest BCUT2D eigenvalue weighted by molar-refractivity contribution is 0.244. The molecule has 0 aliphatic carbocycles. The highest BCUT2D eigenvalue weighted by Crippen LogP contribution is 2.28. The number of benzene rings is 2. The molecule has 0 bridgehead atoms. The average molecular weight is 350 g/mol. The molecular weight excluding hydrogens is 328 g/mol. The second-order valence-electron chi connectivity index (χ2n) is 5.91. The largest absolute Gasteiger partial charge is 0.497 e. The number of hydrogen-bond donors (Lipinski definition) is 2. The first-order valence-electron chi connectivity index (χ1n) is 8.41. The van der Waals surface area contributed by atoms with Gasteiger partial charge in [0.25, 0.3) is 0 Å². The molecule has 3 rings (SSSR count). The van der Waals surface area contributed by atoms with Crippen LogP contribution in [0.15, 0.2) is 60.8 Å². The predicted molar refractivity (Wildman–Crippen MR) is 104 cm³/mol. The fourth-order valence-electron chi connectivity index (χ4n) is 2.36. The molecule has 0 fully saturated rings. The molecule has 0 saturated heterocycles. The van der Waals surface area contributed by atoms with E-state index in [9.17, 15) is 0 Å². The lowest BCUT2D eigenvalue weighted by Crippen LogP contribution is -2.07. The van der Waals surface area contributed by atoms with Crippen LogP contribution in [0.2, 0.25) is 0 Å². The molecule has 6 nitrogen and oxygen atoms in total. The van der Waals surface area contributed by atoms with Gasteiger partial charge in [-0.15, -0.1) is 0 Å². The Morgan fingerprint density at radius 1 is 0.923 bits per heavy atom. The standard InChI is InChI=1S/C20H22N4O2/c1-14(2)26-18-7-5-4-6-17(18)23-19-12-13-21-20(24-19)22-15-8-10-16(25-3)11-9-15/h4-14H,1-3H3,(H2,21,22,23,24). The van der Waals surface area contributed by atoms with Crippen molar-refractivity contribution >= 4 is 23.1 Å². The van der Waals surface area contributed by atoms with Crippen LogP contribution in [0.1, 0.15) is 13.8 Å². The molecule has 0 aliphatic heterocycles. The lowest BCUT2D eigenvalue weighted by Gasteiger charge is -2.15. The Morgan fingerprint density at radius 2 is 1.69 bits per heavy atom. The van der Waals surface area contributed by atoms with Gasteiger partial charge in [0, 0.05) is 11.9 Å². The topological polar surface area (TPSA) is 68.3 Å². The summed E-state index contributed by atoms with van der Waals surface area (Å²) in [5, 5.41) is 6.47. The van der Waals surface area contributed by atoms with Crippen molar-refractivity contribution in [1.29, 1.82) is 0 Å². The van der Waals surface area contributed by atoms with Gasteiger partial charge in [0.15, 0.2) is 0 Å². The number of aromatic nitrogens is 2. The van der Waals surface area contributed by atoms with Crippen LogP contribution in [0.5, 0.6) is 11.5 Å². The molecule has 0 saturated carbocycles. The summed E-state index contributed by atoms with van der Waals surface area (Å²) in [6, 6.07) is 17.2. The Balaban J connectivity index is 1.75. The Bertz CT molecular complexity index is 850. The van der Waals surface area contributed by atoms with Crippen LogP contribution in [-0.2, 0) is 0 Å². The van der Waals surface area contributed by atoms with E-state index in [-0.39, 0.29) is 6.10 Å². The zero-order valence-electron chi connectivity index (χ0n) is 15.1. The smallest absolute Gasteiger partial charge is 0.229 e. The van der Waals surface area contributed by atoms with E-state index in [2.05, 4.69) is 20.6 Å². The number of hydrogen-bond acceptors (Lipinski definition) is 6. The molecule has 0 atom stereocenters. The number of nitrogens with zero attached hydrogens (tertiary/aromatic N) is 2. The summed E-state index contributed by atoms with van der Waals surface area (Å²) in [7, 11) is 1.64. The van der Waals surface area contributed by atoms with Gasteiger partial charge in [-0.3, -0.25) is 0 Å². The molecule has 2 aromatic carbocycles. The minimum absolute atomic E-state index is 0.0932. The number of anilines is 4. The molecule has 134 valence electrons. The quantitative estimate of drug-likeness (QED) is 0.640. The minimum Gasteiger partial charge on any atom is -0.497 e. The monoisotopic (exact) mass is 350 g/mol. The molecule has 0 aliphatic rings. The van der Waals surface area contributed by atoms with Crippen molar-refractivity contribution < 1.29 is 9.47 Å². The highest BCUT2D eigenvalue weighted by atomic mass is 16.5. The normalized spacial score (nSPS) is 10.5. The summed E-state index contributed by atoms with van der Waals surface area (Å²) >= 11 is 0. The van der Waals surface area contributed by atoms with Crippen LogP contribution in [0.4, 0.5) is 23.1 Å². The molecule has 1 heterocycles. The summed E-state index contributed by atoms with van der Waals surface area (Å²) in [4.78, 5) is 8.77. The summed E-state index contributed by atoms with van der Waals surface area (Å²) in [5.41, 5.74) is 1.74. The van der Waals surface area contributed by atoms with Gasteiger partial charge in [0.2, 0.25) is 5.95 Å². The van der Waals surface area contributed by atoms with Crippen LogP contribution >= 0.6 is 0 Å². The molecule has 26 heavy (non-hydrogen) atoms. The second-order valence-corrected chi connectivity index (χ2v) is 5.91. The van der Waals surface area contributed by atoms with Gasteiger partial charge in [0.05, 0.1) is 18.9 Å². The Morgan fingerprint density at radius 3 is 2.42 bits per heavy atom. The van der Waals surface area contributed by atoms with E-state index in [1.165, 1.54) is 0 Å². The van der Waals surface area contributed by atoms with Gasteiger partial charge in [-0.25, -0.2) is 4.98 Å². The van der Waals surface area contributed by atoms with Crippen molar-refractivity contribution in [2.45, 2.75) is 20.0 Å². The zero-order valence-corrected chi connectivity index (χ0v) is 15.1. The third-order valence-corrected chi connectivity index (χ3v) is 3.51. The molecule has 0 amide bonds. The van der Waals surface area contributed by atoms with Gasteiger partial charge >= 0.3 is 0 Å².